The van der Waals surface area contributed by atoms with E-state index in [9.17, 15) is 18.5 Å². The highest BCUT2D eigenvalue weighted by Crippen LogP contribution is 2.34. The lowest BCUT2D eigenvalue weighted by Gasteiger charge is -2.32. The maximum absolute atomic E-state index is 13.6. The molecule has 2 aromatic rings. The van der Waals surface area contributed by atoms with Crippen molar-refractivity contribution in [3.63, 3.8) is 0 Å². The molecule has 38 heavy (non-hydrogen) atoms. The lowest BCUT2D eigenvalue weighted by atomic mass is 10.1. The Kier molecular flexibility index (Phi) is 9.49. The van der Waals surface area contributed by atoms with Crippen LogP contribution >= 0.6 is 11.6 Å². The van der Waals surface area contributed by atoms with Crippen LogP contribution in [0.1, 0.15) is 43.2 Å². The molecule has 2 fully saturated rings. The Balaban J connectivity index is 1.36. The van der Waals surface area contributed by atoms with Crippen LogP contribution in [0.25, 0.3) is 0 Å². The van der Waals surface area contributed by atoms with Gasteiger partial charge in [-0.05, 0) is 87.7 Å². The van der Waals surface area contributed by atoms with E-state index in [1.165, 1.54) is 41.8 Å². The number of likely N-dealkylation sites (tertiary alicyclic amines) is 1. The van der Waals surface area contributed by atoms with Gasteiger partial charge in [0.2, 0.25) is 10.0 Å². The molecule has 2 aliphatic heterocycles. The summed E-state index contributed by atoms with van der Waals surface area (Å²) in [7, 11) is -3.95. The van der Waals surface area contributed by atoms with Crippen LogP contribution in [0.4, 0.5) is 4.79 Å². The van der Waals surface area contributed by atoms with Crippen molar-refractivity contribution in [3.8, 4) is 17.6 Å². The van der Waals surface area contributed by atoms with Crippen LogP contribution in [0, 0.1) is 18.3 Å². The highest BCUT2D eigenvalue weighted by Gasteiger charge is 2.32. The summed E-state index contributed by atoms with van der Waals surface area (Å²) in [5.41, 5.74) is 1.09. The average Bonchev–Trinajstić information content (AvgIpc) is 2.89. The molecule has 2 aromatic carbocycles. The van der Waals surface area contributed by atoms with Gasteiger partial charge < -0.3 is 20.3 Å². The molecular weight excluding hydrogens is 526 g/mol. The average molecular weight is 560 g/mol. The van der Waals surface area contributed by atoms with E-state index < -0.39 is 10.0 Å². The van der Waals surface area contributed by atoms with Gasteiger partial charge in [-0.1, -0.05) is 18.0 Å². The summed E-state index contributed by atoms with van der Waals surface area (Å²) in [5, 5.41) is 15.7. The van der Waals surface area contributed by atoms with Gasteiger partial charge in [-0.2, -0.15) is 9.57 Å². The van der Waals surface area contributed by atoms with Crippen LogP contribution in [0.2, 0.25) is 5.02 Å². The standard InChI is InChI=1S/C27H34ClN5O4S/c1-20-15-22(28)18-24(16-20)37-25-6-5-21(19-29)17-26(25)38(35,36)33-12-7-23(8-13-33)31-27(34)30-9-14-32-10-3-2-4-11-32/h5-6,15-18,23H,2-4,7-14H2,1H3,(H2,30,31,34). The van der Waals surface area contributed by atoms with Gasteiger partial charge in [0.05, 0.1) is 11.6 Å². The molecule has 2 saturated heterocycles. The molecule has 2 aliphatic rings. The van der Waals surface area contributed by atoms with Crippen LogP contribution in [0.3, 0.4) is 0 Å². The number of aryl methyl sites for hydroxylation is 1. The van der Waals surface area contributed by atoms with Crippen molar-refractivity contribution < 1.29 is 17.9 Å². The summed E-state index contributed by atoms with van der Waals surface area (Å²) >= 11 is 6.14. The van der Waals surface area contributed by atoms with Crippen LogP contribution < -0.4 is 15.4 Å². The van der Waals surface area contributed by atoms with Crippen molar-refractivity contribution in [1.29, 1.82) is 5.26 Å². The molecule has 0 aliphatic carbocycles. The fraction of sp³-hybridized carbons (Fsp3) is 0.481. The number of carbonyl (C=O) groups is 1. The molecule has 4 rings (SSSR count). The third-order valence-corrected chi connectivity index (χ3v) is 9.02. The number of benzene rings is 2. The van der Waals surface area contributed by atoms with Crippen LogP contribution in [-0.4, -0.2) is 69.0 Å². The molecule has 11 heteroatoms. The summed E-state index contributed by atoms with van der Waals surface area (Å²) in [6.07, 6.45) is 4.67. The minimum Gasteiger partial charge on any atom is -0.456 e. The number of nitriles is 1. The summed E-state index contributed by atoms with van der Waals surface area (Å²) in [6.45, 7) is 5.94. The normalized spacial score (nSPS) is 17.5. The molecule has 2 amide bonds. The molecule has 0 atom stereocenters. The van der Waals surface area contributed by atoms with Gasteiger partial charge in [-0.3, -0.25) is 0 Å². The van der Waals surface area contributed by atoms with Gasteiger partial charge in [-0.15, -0.1) is 0 Å². The SMILES string of the molecule is Cc1cc(Cl)cc(Oc2ccc(C#N)cc2S(=O)(=O)N2CCC(NC(=O)NCCN3CCCCC3)CC2)c1. The number of hydrogen-bond donors (Lipinski definition) is 2. The molecule has 0 bridgehead atoms. The number of hydrogen-bond acceptors (Lipinski definition) is 6. The highest BCUT2D eigenvalue weighted by molar-refractivity contribution is 7.89. The van der Waals surface area contributed by atoms with Crippen molar-refractivity contribution in [1.82, 2.24) is 19.8 Å². The van der Waals surface area contributed by atoms with E-state index in [2.05, 4.69) is 15.5 Å². The molecule has 0 aromatic heterocycles. The lowest BCUT2D eigenvalue weighted by molar-refractivity contribution is 0.214. The van der Waals surface area contributed by atoms with Crippen LogP contribution in [-0.2, 0) is 10.0 Å². The van der Waals surface area contributed by atoms with E-state index in [0.717, 1.165) is 25.2 Å². The summed E-state index contributed by atoms with van der Waals surface area (Å²) in [4.78, 5) is 14.6. The van der Waals surface area contributed by atoms with Crippen LogP contribution in [0.5, 0.6) is 11.5 Å². The Morgan fingerprint density at radius 3 is 2.53 bits per heavy atom. The zero-order valence-corrected chi connectivity index (χ0v) is 23.2. The molecule has 0 radical (unpaired) electrons. The summed E-state index contributed by atoms with van der Waals surface area (Å²) in [5.74, 6) is 0.532. The van der Waals surface area contributed by atoms with Gasteiger partial charge >= 0.3 is 6.03 Å². The number of carbonyl (C=O) groups excluding carboxylic acids is 1. The Morgan fingerprint density at radius 1 is 1.11 bits per heavy atom. The fourth-order valence-corrected chi connectivity index (χ4v) is 6.77. The summed E-state index contributed by atoms with van der Waals surface area (Å²) in [6, 6.07) is 11.1. The number of sulfonamides is 1. The van der Waals surface area contributed by atoms with Gasteiger partial charge in [0, 0.05) is 37.2 Å². The van der Waals surface area contributed by atoms with E-state index in [4.69, 9.17) is 16.3 Å². The van der Waals surface area contributed by atoms with E-state index in [-0.39, 0.29) is 41.4 Å². The van der Waals surface area contributed by atoms with Gasteiger partial charge in [0.15, 0.2) is 0 Å². The number of urea groups is 1. The molecule has 204 valence electrons. The molecule has 0 spiro atoms. The molecule has 2 heterocycles. The maximum Gasteiger partial charge on any atom is 0.315 e. The minimum absolute atomic E-state index is 0.0731. The molecule has 0 saturated carbocycles. The number of ether oxygens (including phenoxy) is 1. The Labute approximate surface area is 229 Å². The molecule has 2 N–H and O–H groups in total. The molecule has 0 unspecified atom stereocenters. The largest absolute Gasteiger partial charge is 0.456 e. The number of amides is 2. The van der Waals surface area contributed by atoms with Gasteiger partial charge in [0.1, 0.15) is 16.4 Å². The third-order valence-electron chi connectivity index (χ3n) is 6.89. The second-order valence-corrected chi connectivity index (χ2v) is 12.2. The highest BCUT2D eigenvalue weighted by atomic mass is 35.5. The first kappa shape index (κ1) is 28.2. The summed E-state index contributed by atoms with van der Waals surface area (Å²) < 4.78 is 34.6. The predicted octanol–water partition coefficient (Wildman–Crippen LogP) is 4.25. The predicted molar refractivity (Wildman–Crippen MR) is 146 cm³/mol. The lowest BCUT2D eigenvalue weighted by Crippen LogP contribution is -2.50. The van der Waals surface area contributed by atoms with E-state index in [1.54, 1.807) is 18.2 Å². The Morgan fingerprint density at radius 2 is 1.84 bits per heavy atom. The van der Waals surface area contributed by atoms with E-state index in [1.807, 2.05) is 13.0 Å². The van der Waals surface area contributed by atoms with Crippen molar-refractivity contribution in [2.75, 3.05) is 39.3 Å². The maximum atomic E-state index is 13.6. The van der Waals surface area contributed by atoms with E-state index >= 15 is 0 Å². The second-order valence-electron chi connectivity index (χ2n) is 9.82. The number of rotatable bonds is 8. The quantitative estimate of drug-likeness (QED) is 0.499. The first-order chi connectivity index (χ1) is 18.2. The zero-order chi connectivity index (χ0) is 27.1. The smallest absolute Gasteiger partial charge is 0.315 e. The van der Waals surface area contributed by atoms with Gasteiger partial charge in [-0.25, -0.2) is 13.2 Å². The number of nitrogens with one attached hydrogen (secondary N) is 2. The molecular formula is C27H34ClN5O4S. The first-order valence-corrected chi connectivity index (χ1v) is 14.8. The third kappa shape index (κ3) is 7.38. The zero-order valence-electron chi connectivity index (χ0n) is 21.6. The fourth-order valence-electron chi connectivity index (χ4n) is 4.88. The number of halogens is 1. The molecule has 9 nitrogen and oxygen atoms in total. The number of piperidine rings is 2. The second kappa shape index (κ2) is 12.8. The number of nitrogens with zero attached hydrogens (tertiary/aromatic N) is 3. The first-order valence-electron chi connectivity index (χ1n) is 13.0. The Bertz CT molecular complexity index is 1260. The van der Waals surface area contributed by atoms with Crippen molar-refractivity contribution in [3.05, 3.63) is 52.5 Å². The topological polar surface area (TPSA) is 115 Å². The van der Waals surface area contributed by atoms with Gasteiger partial charge in [0.25, 0.3) is 0 Å². The minimum atomic E-state index is -3.95. The van der Waals surface area contributed by atoms with E-state index in [0.29, 0.717) is 30.2 Å². The van der Waals surface area contributed by atoms with Crippen LogP contribution in [0.15, 0.2) is 41.3 Å². The van der Waals surface area contributed by atoms with Crippen molar-refractivity contribution >= 4 is 27.7 Å². The van der Waals surface area contributed by atoms with Crippen molar-refractivity contribution in [2.24, 2.45) is 0 Å². The Hall–Kier alpha value is -2.84. The van der Waals surface area contributed by atoms with Crippen molar-refractivity contribution in [2.45, 2.75) is 50.0 Å². The monoisotopic (exact) mass is 559 g/mol.